The van der Waals surface area contributed by atoms with Crippen molar-refractivity contribution in [1.82, 2.24) is 5.43 Å². The lowest BCUT2D eigenvalue weighted by Crippen LogP contribution is -2.20. The zero-order valence-electron chi connectivity index (χ0n) is 16.8. The van der Waals surface area contributed by atoms with Gasteiger partial charge in [-0.05, 0) is 49.2 Å². The smallest absolute Gasteiger partial charge is 0.284 e. The molecule has 8 heteroatoms. The summed E-state index contributed by atoms with van der Waals surface area (Å²) < 4.78 is 10.7. The Morgan fingerprint density at radius 3 is 2.73 bits per heavy atom. The number of hydrogen-bond donors (Lipinski definition) is 1. The summed E-state index contributed by atoms with van der Waals surface area (Å²) in [5.74, 6) is 0.789. The molecule has 1 aromatic heterocycles. The number of methoxy groups -OCH3 is 1. The summed E-state index contributed by atoms with van der Waals surface area (Å²) in [6.45, 7) is 3.93. The number of nitro benzene ring substituents is 1. The van der Waals surface area contributed by atoms with Gasteiger partial charge in [0.1, 0.15) is 17.3 Å². The van der Waals surface area contributed by atoms with Gasteiger partial charge in [-0.1, -0.05) is 23.8 Å². The van der Waals surface area contributed by atoms with Crippen molar-refractivity contribution in [3.05, 3.63) is 81.1 Å². The van der Waals surface area contributed by atoms with Gasteiger partial charge in [0.2, 0.25) is 5.91 Å². The molecule has 154 valence electrons. The number of carbonyl (C=O) groups is 1. The highest BCUT2D eigenvalue weighted by atomic mass is 16.6. The number of nitrogens with one attached hydrogen (secondary N) is 1. The number of amides is 1. The number of nitro groups is 1. The molecule has 8 nitrogen and oxygen atoms in total. The van der Waals surface area contributed by atoms with Crippen LogP contribution in [-0.2, 0) is 11.2 Å². The summed E-state index contributed by atoms with van der Waals surface area (Å²) >= 11 is 0. The molecular formula is C22H21N3O5. The molecule has 1 heterocycles. The van der Waals surface area contributed by atoms with Gasteiger partial charge in [0, 0.05) is 0 Å². The molecule has 0 aliphatic carbocycles. The van der Waals surface area contributed by atoms with Crippen LogP contribution in [0.4, 0.5) is 5.69 Å². The average molecular weight is 407 g/mol. The number of aryl methyl sites for hydroxylation is 2. The van der Waals surface area contributed by atoms with Gasteiger partial charge in [-0.2, -0.15) is 5.10 Å². The molecule has 0 aliphatic rings. The number of benzene rings is 2. The first kappa shape index (κ1) is 20.8. The summed E-state index contributed by atoms with van der Waals surface area (Å²) in [6.07, 6.45) is 1.56. The van der Waals surface area contributed by atoms with Gasteiger partial charge < -0.3 is 9.15 Å². The SMILES string of the molecule is COc1ccc(-c2ccc(/C=N\NC(=O)Cc3cc(C)ccc3C)o2)c([N+](=O)[O-])c1. The lowest BCUT2D eigenvalue weighted by Gasteiger charge is -2.05. The van der Waals surface area contributed by atoms with E-state index in [-0.39, 0.29) is 18.0 Å². The monoisotopic (exact) mass is 407 g/mol. The second-order valence-corrected chi connectivity index (χ2v) is 6.74. The molecule has 0 fully saturated rings. The zero-order valence-corrected chi connectivity index (χ0v) is 16.8. The minimum atomic E-state index is -0.498. The van der Waals surface area contributed by atoms with Gasteiger partial charge in [-0.25, -0.2) is 5.43 Å². The fraction of sp³-hybridized carbons (Fsp3) is 0.182. The Morgan fingerprint density at radius 1 is 1.20 bits per heavy atom. The second kappa shape index (κ2) is 9.04. The molecule has 0 saturated carbocycles. The lowest BCUT2D eigenvalue weighted by atomic mass is 10.0. The predicted molar refractivity (Wildman–Crippen MR) is 113 cm³/mol. The van der Waals surface area contributed by atoms with Crippen LogP contribution in [0.25, 0.3) is 11.3 Å². The standard InChI is InChI=1S/C22H21N3O5/c1-14-4-5-15(2)16(10-14)11-22(26)24-23-13-18-7-9-21(30-18)19-8-6-17(29-3)12-20(19)25(27)28/h4-10,12-13H,11H2,1-3H3,(H,24,26)/b23-13-. The van der Waals surface area contributed by atoms with Crippen molar-refractivity contribution in [2.45, 2.75) is 20.3 Å². The van der Waals surface area contributed by atoms with E-state index in [1.165, 1.54) is 19.4 Å². The fourth-order valence-corrected chi connectivity index (χ4v) is 2.94. The molecule has 30 heavy (non-hydrogen) atoms. The van der Waals surface area contributed by atoms with E-state index >= 15 is 0 Å². The third-order valence-corrected chi connectivity index (χ3v) is 4.53. The molecule has 0 unspecified atom stereocenters. The summed E-state index contributed by atoms with van der Waals surface area (Å²) in [5, 5.41) is 15.3. The van der Waals surface area contributed by atoms with Gasteiger partial charge >= 0.3 is 0 Å². The Bertz CT molecular complexity index is 1120. The number of ether oxygens (including phenoxy) is 1. The van der Waals surface area contributed by atoms with Crippen LogP contribution in [0.15, 0.2) is 58.0 Å². The van der Waals surface area contributed by atoms with Crippen LogP contribution in [0.3, 0.4) is 0 Å². The predicted octanol–water partition coefficient (Wildman–Crippen LogP) is 4.17. The number of furan rings is 1. The Kier molecular flexibility index (Phi) is 6.26. The first-order valence-corrected chi connectivity index (χ1v) is 9.18. The topological polar surface area (TPSA) is 107 Å². The quantitative estimate of drug-likeness (QED) is 0.359. The molecule has 0 atom stereocenters. The maximum absolute atomic E-state index is 12.1. The lowest BCUT2D eigenvalue weighted by molar-refractivity contribution is -0.384. The summed E-state index contributed by atoms with van der Waals surface area (Å²) in [6, 6.07) is 13.7. The highest BCUT2D eigenvalue weighted by Crippen LogP contribution is 2.33. The van der Waals surface area contributed by atoms with E-state index < -0.39 is 4.92 Å². The number of carbonyl (C=O) groups excluding carboxylic acids is 1. The van der Waals surface area contributed by atoms with Crippen molar-refractivity contribution >= 4 is 17.8 Å². The third-order valence-electron chi connectivity index (χ3n) is 4.53. The van der Waals surface area contributed by atoms with Crippen LogP contribution in [0.2, 0.25) is 0 Å². The largest absolute Gasteiger partial charge is 0.497 e. The van der Waals surface area contributed by atoms with Crippen LogP contribution >= 0.6 is 0 Å². The third kappa shape index (κ3) is 4.91. The first-order chi connectivity index (χ1) is 14.4. The molecule has 1 N–H and O–H groups in total. The maximum atomic E-state index is 12.1. The van der Waals surface area contributed by atoms with Crippen LogP contribution in [0, 0.1) is 24.0 Å². The highest BCUT2D eigenvalue weighted by Gasteiger charge is 2.19. The molecule has 0 saturated heterocycles. The van der Waals surface area contributed by atoms with Crippen LogP contribution in [0.5, 0.6) is 5.75 Å². The van der Waals surface area contributed by atoms with Crippen molar-refractivity contribution in [3.63, 3.8) is 0 Å². The van der Waals surface area contributed by atoms with E-state index in [0.29, 0.717) is 22.8 Å². The number of hydrazone groups is 1. The van der Waals surface area contributed by atoms with E-state index in [4.69, 9.17) is 9.15 Å². The first-order valence-electron chi connectivity index (χ1n) is 9.18. The molecule has 0 spiro atoms. The minimum Gasteiger partial charge on any atom is -0.497 e. The summed E-state index contributed by atoms with van der Waals surface area (Å²) in [4.78, 5) is 23.0. The van der Waals surface area contributed by atoms with Crippen LogP contribution < -0.4 is 10.2 Å². The van der Waals surface area contributed by atoms with Crippen molar-refractivity contribution < 1.29 is 18.9 Å². The molecule has 0 aliphatic heterocycles. The van der Waals surface area contributed by atoms with E-state index in [0.717, 1.165) is 16.7 Å². The number of nitrogens with zero attached hydrogens (tertiary/aromatic N) is 2. The molecule has 2 aromatic carbocycles. The van der Waals surface area contributed by atoms with Crippen molar-refractivity contribution in [2.24, 2.45) is 5.10 Å². The van der Waals surface area contributed by atoms with Gasteiger partial charge in [0.15, 0.2) is 0 Å². The minimum absolute atomic E-state index is 0.131. The molecule has 3 rings (SSSR count). The molecule has 0 bridgehead atoms. The molecule has 1 amide bonds. The summed E-state index contributed by atoms with van der Waals surface area (Å²) in [5.41, 5.74) is 5.72. The normalized spacial score (nSPS) is 10.9. The van der Waals surface area contributed by atoms with Gasteiger partial charge in [0.05, 0.1) is 36.3 Å². The van der Waals surface area contributed by atoms with Crippen molar-refractivity contribution in [1.29, 1.82) is 0 Å². The molecule has 3 aromatic rings. The van der Waals surface area contributed by atoms with E-state index in [2.05, 4.69) is 10.5 Å². The van der Waals surface area contributed by atoms with E-state index in [1.807, 2.05) is 32.0 Å². The summed E-state index contributed by atoms with van der Waals surface area (Å²) in [7, 11) is 1.44. The van der Waals surface area contributed by atoms with E-state index in [1.54, 1.807) is 24.3 Å². The highest BCUT2D eigenvalue weighted by molar-refractivity contribution is 5.83. The Labute approximate surface area is 173 Å². The average Bonchev–Trinajstić information content (AvgIpc) is 3.19. The van der Waals surface area contributed by atoms with Crippen LogP contribution in [0.1, 0.15) is 22.5 Å². The Hall–Kier alpha value is -3.94. The number of hydrogen-bond acceptors (Lipinski definition) is 6. The van der Waals surface area contributed by atoms with Crippen molar-refractivity contribution in [2.75, 3.05) is 7.11 Å². The Morgan fingerprint density at radius 2 is 2.00 bits per heavy atom. The second-order valence-electron chi connectivity index (χ2n) is 6.74. The number of rotatable bonds is 7. The van der Waals surface area contributed by atoms with Gasteiger partial charge in [0.25, 0.3) is 5.69 Å². The van der Waals surface area contributed by atoms with Gasteiger partial charge in [-0.3, -0.25) is 14.9 Å². The van der Waals surface area contributed by atoms with Crippen LogP contribution in [-0.4, -0.2) is 24.2 Å². The maximum Gasteiger partial charge on any atom is 0.284 e. The fourth-order valence-electron chi connectivity index (χ4n) is 2.94. The zero-order chi connectivity index (χ0) is 21.7. The van der Waals surface area contributed by atoms with Gasteiger partial charge in [-0.15, -0.1) is 0 Å². The molecular weight excluding hydrogens is 386 g/mol. The van der Waals surface area contributed by atoms with Crippen molar-refractivity contribution in [3.8, 4) is 17.1 Å². The van der Waals surface area contributed by atoms with E-state index in [9.17, 15) is 14.9 Å². The Balaban J connectivity index is 1.68. The molecule has 0 radical (unpaired) electrons.